The average Bonchev–Trinajstić information content (AvgIpc) is 2.41. The van der Waals surface area contributed by atoms with E-state index in [0.29, 0.717) is 18.5 Å². The van der Waals surface area contributed by atoms with Gasteiger partial charge in [-0.25, -0.2) is 0 Å². The van der Waals surface area contributed by atoms with Crippen LogP contribution in [0.4, 0.5) is 18.9 Å². The van der Waals surface area contributed by atoms with Crippen LogP contribution in [0.3, 0.4) is 0 Å². The molecule has 0 aromatic heterocycles. The Bertz CT molecular complexity index is 490. The zero-order valence-corrected chi connectivity index (χ0v) is 12.0. The summed E-state index contributed by atoms with van der Waals surface area (Å²) in [5.74, 6) is -0.540. The molecule has 7 heteroatoms. The van der Waals surface area contributed by atoms with Gasteiger partial charge in [-0.05, 0) is 18.6 Å². The van der Waals surface area contributed by atoms with Crippen molar-refractivity contribution in [2.75, 3.05) is 25.9 Å². The number of hydrogen-bond donors (Lipinski definition) is 1. The molecular formula is C14H19F3N2O2. The Kier molecular flexibility index (Phi) is 5.87. The van der Waals surface area contributed by atoms with E-state index in [9.17, 15) is 18.0 Å². The Morgan fingerprint density at radius 3 is 2.57 bits per heavy atom. The third-order valence-electron chi connectivity index (χ3n) is 2.89. The lowest BCUT2D eigenvalue weighted by molar-refractivity contribution is -0.140. The maximum absolute atomic E-state index is 12.6. The fourth-order valence-electron chi connectivity index (χ4n) is 1.87. The van der Waals surface area contributed by atoms with E-state index in [2.05, 4.69) is 0 Å². The van der Waals surface area contributed by atoms with Crippen molar-refractivity contribution in [3.05, 3.63) is 23.8 Å². The van der Waals surface area contributed by atoms with Gasteiger partial charge in [0.1, 0.15) is 12.3 Å². The quantitative estimate of drug-likeness (QED) is 0.822. The van der Waals surface area contributed by atoms with Crippen molar-refractivity contribution in [3.8, 4) is 5.75 Å². The third-order valence-corrected chi connectivity index (χ3v) is 2.89. The van der Waals surface area contributed by atoms with Crippen LogP contribution in [-0.2, 0) is 0 Å². The number of hydrogen-bond acceptors (Lipinski definition) is 3. The number of alkyl halides is 3. The lowest BCUT2D eigenvalue weighted by Gasteiger charge is -2.24. The summed E-state index contributed by atoms with van der Waals surface area (Å²) < 4.78 is 42.9. The van der Waals surface area contributed by atoms with Crippen LogP contribution >= 0.6 is 0 Å². The second kappa shape index (κ2) is 7.19. The maximum Gasteiger partial charge on any atom is 0.406 e. The van der Waals surface area contributed by atoms with Gasteiger partial charge in [0.15, 0.2) is 0 Å². The summed E-state index contributed by atoms with van der Waals surface area (Å²) >= 11 is 0. The van der Waals surface area contributed by atoms with Crippen molar-refractivity contribution < 1.29 is 22.7 Å². The number of methoxy groups -OCH3 is 1. The molecule has 0 fully saturated rings. The van der Waals surface area contributed by atoms with E-state index in [1.807, 2.05) is 6.92 Å². The summed E-state index contributed by atoms with van der Waals surface area (Å²) in [6.07, 6.45) is -3.25. The van der Waals surface area contributed by atoms with Crippen molar-refractivity contribution in [3.63, 3.8) is 0 Å². The topological polar surface area (TPSA) is 55.6 Å². The van der Waals surface area contributed by atoms with Gasteiger partial charge < -0.3 is 15.4 Å². The minimum absolute atomic E-state index is 0.0440. The van der Waals surface area contributed by atoms with Crippen molar-refractivity contribution >= 4 is 11.6 Å². The number of amides is 1. The standard InChI is InChI=1S/C14H19F3N2O2/c1-3-4-7-19(9-14(15,16)17)13(20)11-6-5-10(18)8-12(11)21-2/h5-6,8H,3-4,7,9,18H2,1-2H3. The van der Waals surface area contributed by atoms with E-state index >= 15 is 0 Å². The Balaban J connectivity index is 3.04. The number of halogens is 3. The highest BCUT2D eigenvalue weighted by Gasteiger charge is 2.33. The third kappa shape index (κ3) is 5.17. The van der Waals surface area contributed by atoms with Gasteiger partial charge in [0, 0.05) is 18.3 Å². The van der Waals surface area contributed by atoms with Gasteiger partial charge in [-0.1, -0.05) is 13.3 Å². The highest BCUT2D eigenvalue weighted by Crippen LogP contribution is 2.25. The molecule has 0 saturated carbocycles. The Morgan fingerprint density at radius 1 is 1.38 bits per heavy atom. The largest absolute Gasteiger partial charge is 0.496 e. The summed E-state index contributed by atoms with van der Waals surface area (Å²) in [6.45, 7) is 0.613. The molecular weight excluding hydrogens is 285 g/mol. The van der Waals surface area contributed by atoms with E-state index in [4.69, 9.17) is 10.5 Å². The minimum Gasteiger partial charge on any atom is -0.496 e. The monoisotopic (exact) mass is 304 g/mol. The van der Waals surface area contributed by atoms with Gasteiger partial charge in [-0.3, -0.25) is 4.79 Å². The predicted molar refractivity (Wildman–Crippen MR) is 74.3 cm³/mol. The average molecular weight is 304 g/mol. The van der Waals surface area contributed by atoms with Crippen molar-refractivity contribution in [2.24, 2.45) is 0 Å². The van der Waals surface area contributed by atoms with Crippen LogP contribution in [0.2, 0.25) is 0 Å². The molecule has 2 N–H and O–H groups in total. The second-order valence-corrected chi connectivity index (χ2v) is 4.66. The fraction of sp³-hybridized carbons (Fsp3) is 0.500. The molecule has 0 spiro atoms. The zero-order chi connectivity index (χ0) is 16.0. The molecule has 0 saturated heterocycles. The lowest BCUT2D eigenvalue weighted by atomic mass is 10.1. The number of nitrogens with zero attached hydrogens (tertiary/aromatic N) is 1. The van der Waals surface area contributed by atoms with E-state index in [0.717, 1.165) is 4.90 Å². The number of rotatable bonds is 6. The number of carbonyl (C=O) groups is 1. The summed E-state index contributed by atoms with van der Waals surface area (Å²) in [4.78, 5) is 13.1. The summed E-state index contributed by atoms with van der Waals surface area (Å²) in [5, 5.41) is 0. The van der Waals surface area contributed by atoms with Crippen LogP contribution in [0, 0.1) is 0 Å². The predicted octanol–water partition coefficient (Wildman–Crippen LogP) is 3.08. The van der Waals surface area contributed by atoms with Gasteiger partial charge in [0.2, 0.25) is 0 Å². The van der Waals surface area contributed by atoms with Crippen LogP contribution in [0.15, 0.2) is 18.2 Å². The molecule has 0 atom stereocenters. The van der Waals surface area contributed by atoms with E-state index < -0.39 is 18.6 Å². The first-order valence-electron chi connectivity index (χ1n) is 6.58. The normalized spacial score (nSPS) is 11.3. The van der Waals surface area contributed by atoms with Gasteiger partial charge >= 0.3 is 6.18 Å². The molecule has 0 aliphatic rings. The molecule has 1 amide bonds. The molecule has 4 nitrogen and oxygen atoms in total. The first-order chi connectivity index (χ1) is 9.78. The van der Waals surface area contributed by atoms with E-state index in [-0.39, 0.29) is 17.9 Å². The second-order valence-electron chi connectivity index (χ2n) is 4.66. The molecule has 0 heterocycles. The number of carbonyl (C=O) groups excluding carboxylic acids is 1. The van der Waals surface area contributed by atoms with Crippen molar-refractivity contribution in [1.82, 2.24) is 4.90 Å². The number of nitrogen functional groups attached to an aromatic ring is 1. The molecule has 1 rings (SSSR count). The van der Waals surface area contributed by atoms with E-state index in [1.165, 1.54) is 25.3 Å². The van der Waals surface area contributed by atoms with Crippen molar-refractivity contribution in [1.29, 1.82) is 0 Å². The number of unbranched alkanes of at least 4 members (excludes halogenated alkanes) is 1. The SMILES string of the molecule is CCCCN(CC(F)(F)F)C(=O)c1ccc(N)cc1OC. The number of benzene rings is 1. The molecule has 1 aromatic rings. The van der Waals surface area contributed by atoms with Gasteiger partial charge in [0.05, 0.1) is 12.7 Å². The number of ether oxygens (including phenoxy) is 1. The molecule has 21 heavy (non-hydrogen) atoms. The highest BCUT2D eigenvalue weighted by atomic mass is 19.4. The molecule has 1 aromatic carbocycles. The van der Waals surface area contributed by atoms with Crippen LogP contribution in [0.25, 0.3) is 0 Å². The Morgan fingerprint density at radius 2 is 2.05 bits per heavy atom. The minimum atomic E-state index is -4.44. The molecule has 0 unspecified atom stereocenters. The first kappa shape index (κ1) is 17.1. The smallest absolute Gasteiger partial charge is 0.406 e. The Hall–Kier alpha value is -1.92. The van der Waals surface area contributed by atoms with Crippen LogP contribution < -0.4 is 10.5 Å². The molecule has 0 aliphatic heterocycles. The highest BCUT2D eigenvalue weighted by molar-refractivity contribution is 5.97. The van der Waals surface area contributed by atoms with Crippen LogP contribution in [0.1, 0.15) is 30.1 Å². The molecule has 0 aliphatic carbocycles. The van der Waals surface area contributed by atoms with Crippen molar-refractivity contribution in [2.45, 2.75) is 25.9 Å². The molecule has 118 valence electrons. The lowest BCUT2D eigenvalue weighted by Crippen LogP contribution is -2.39. The molecule has 0 radical (unpaired) electrons. The fourth-order valence-corrected chi connectivity index (χ4v) is 1.87. The number of nitrogens with two attached hydrogens (primary N) is 1. The van der Waals surface area contributed by atoms with Gasteiger partial charge in [-0.2, -0.15) is 13.2 Å². The van der Waals surface area contributed by atoms with Crippen LogP contribution in [-0.4, -0.2) is 37.2 Å². The van der Waals surface area contributed by atoms with Gasteiger partial charge in [0.25, 0.3) is 5.91 Å². The van der Waals surface area contributed by atoms with Gasteiger partial charge in [-0.15, -0.1) is 0 Å². The number of anilines is 1. The maximum atomic E-state index is 12.6. The summed E-state index contributed by atoms with van der Waals surface area (Å²) in [6, 6.07) is 4.26. The first-order valence-corrected chi connectivity index (χ1v) is 6.58. The zero-order valence-electron chi connectivity index (χ0n) is 12.0. The van der Waals surface area contributed by atoms with Crippen LogP contribution in [0.5, 0.6) is 5.75 Å². The summed E-state index contributed by atoms with van der Waals surface area (Å²) in [5.41, 5.74) is 6.03. The Labute approximate surface area is 121 Å². The molecule has 0 bridgehead atoms. The summed E-state index contributed by atoms with van der Waals surface area (Å²) in [7, 11) is 1.34. The van der Waals surface area contributed by atoms with E-state index in [1.54, 1.807) is 0 Å².